The van der Waals surface area contributed by atoms with Crippen molar-refractivity contribution in [2.75, 3.05) is 20.7 Å². The number of aliphatic hydroxyl groups is 1. The Labute approximate surface area is 144 Å². The zero-order valence-electron chi connectivity index (χ0n) is 14.8. The molecule has 2 aliphatic rings. The van der Waals surface area contributed by atoms with Gasteiger partial charge in [-0.25, -0.2) is 4.79 Å². The number of urea groups is 1. The van der Waals surface area contributed by atoms with Crippen molar-refractivity contribution in [3.8, 4) is 0 Å². The molecule has 1 saturated heterocycles. The van der Waals surface area contributed by atoms with Crippen LogP contribution in [0.1, 0.15) is 51.4 Å². The first-order valence-electron chi connectivity index (χ1n) is 9.03. The standard InChI is InChI=1S/C17H31N3O4/c1-20(2)16(22)10-13-8-9-14(15(11-21)24-13)19-17(23)18-12-6-4-3-5-7-12/h12-15,21H,3-11H2,1-2H3,(H2,18,19,23)/t13-,14-,15-/m1/s1. The number of rotatable bonds is 5. The molecule has 7 nitrogen and oxygen atoms in total. The van der Waals surface area contributed by atoms with Crippen LogP contribution in [0.3, 0.4) is 0 Å². The van der Waals surface area contributed by atoms with Crippen LogP contribution in [0.25, 0.3) is 0 Å². The summed E-state index contributed by atoms with van der Waals surface area (Å²) in [5.74, 6) is 0.0122. The highest BCUT2D eigenvalue weighted by Crippen LogP contribution is 2.22. The Balaban J connectivity index is 1.78. The summed E-state index contributed by atoms with van der Waals surface area (Å²) in [6.45, 7) is -0.166. The molecule has 1 aliphatic heterocycles. The maximum Gasteiger partial charge on any atom is 0.315 e. The minimum atomic E-state index is -0.462. The van der Waals surface area contributed by atoms with Crippen LogP contribution < -0.4 is 10.6 Å². The van der Waals surface area contributed by atoms with Gasteiger partial charge < -0.3 is 25.4 Å². The lowest BCUT2D eigenvalue weighted by Crippen LogP contribution is -2.55. The Hall–Kier alpha value is -1.34. The molecular formula is C17H31N3O4. The average Bonchev–Trinajstić information content (AvgIpc) is 2.56. The van der Waals surface area contributed by atoms with Crippen molar-refractivity contribution in [3.05, 3.63) is 0 Å². The highest BCUT2D eigenvalue weighted by molar-refractivity contribution is 5.76. The topological polar surface area (TPSA) is 90.9 Å². The van der Waals surface area contributed by atoms with Crippen LogP contribution >= 0.6 is 0 Å². The van der Waals surface area contributed by atoms with Gasteiger partial charge in [0.05, 0.1) is 25.2 Å². The number of nitrogens with one attached hydrogen (secondary N) is 2. The minimum Gasteiger partial charge on any atom is -0.394 e. The van der Waals surface area contributed by atoms with E-state index in [2.05, 4.69) is 10.6 Å². The highest BCUT2D eigenvalue weighted by atomic mass is 16.5. The first kappa shape index (κ1) is 19.0. The van der Waals surface area contributed by atoms with Crippen molar-refractivity contribution in [2.45, 2.75) is 75.7 Å². The molecule has 2 fully saturated rings. The third-order valence-corrected chi connectivity index (χ3v) is 4.95. The van der Waals surface area contributed by atoms with Crippen LogP contribution in [0.4, 0.5) is 4.79 Å². The molecule has 24 heavy (non-hydrogen) atoms. The number of hydrogen-bond acceptors (Lipinski definition) is 4. The fraction of sp³-hybridized carbons (Fsp3) is 0.882. The van der Waals surface area contributed by atoms with E-state index in [9.17, 15) is 14.7 Å². The van der Waals surface area contributed by atoms with E-state index in [1.54, 1.807) is 19.0 Å². The summed E-state index contributed by atoms with van der Waals surface area (Å²) >= 11 is 0. The monoisotopic (exact) mass is 341 g/mol. The van der Waals surface area contributed by atoms with Crippen molar-refractivity contribution in [1.29, 1.82) is 0 Å². The van der Waals surface area contributed by atoms with E-state index in [1.807, 2.05) is 0 Å². The lowest BCUT2D eigenvalue weighted by Gasteiger charge is -2.36. The molecule has 1 aliphatic carbocycles. The molecular weight excluding hydrogens is 310 g/mol. The lowest BCUT2D eigenvalue weighted by atomic mass is 9.95. The smallest absolute Gasteiger partial charge is 0.315 e. The van der Waals surface area contributed by atoms with Gasteiger partial charge in [-0.05, 0) is 25.7 Å². The molecule has 138 valence electrons. The molecule has 0 spiro atoms. The van der Waals surface area contributed by atoms with Gasteiger partial charge in [-0.15, -0.1) is 0 Å². The van der Waals surface area contributed by atoms with E-state index in [0.29, 0.717) is 19.3 Å². The number of amides is 3. The number of nitrogens with zero attached hydrogens (tertiary/aromatic N) is 1. The molecule has 0 unspecified atom stereocenters. The molecule has 0 bridgehead atoms. The van der Waals surface area contributed by atoms with Crippen molar-refractivity contribution < 1.29 is 19.4 Å². The van der Waals surface area contributed by atoms with Gasteiger partial charge in [-0.2, -0.15) is 0 Å². The molecule has 0 aromatic carbocycles. The SMILES string of the molecule is CN(C)C(=O)C[C@H]1CC[C@@H](NC(=O)NC2CCCCC2)[C@@H](CO)O1. The number of ether oxygens (including phenoxy) is 1. The third kappa shape index (κ3) is 5.63. The lowest BCUT2D eigenvalue weighted by molar-refractivity contribution is -0.137. The van der Waals surface area contributed by atoms with Gasteiger partial charge in [0.2, 0.25) is 5.91 Å². The van der Waals surface area contributed by atoms with Crippen LogP contribution in [0.5, 0.6) is 0 Å². The van der Waals surface area contributed by atoms with Crippen LogP contribution in [0.15, 0.2) is 0 Å². The summed E-state index contributed by atoms with van der Waals surface area (Å²) in [7, 11) is 3.43. The minimum absolute atomic E-state index is 0.0122. The first-order chi connectivity index (χ1) is 11.5. The molecule has 0 radical (unpaired) electrons. The Kier molecular flexibility index (Phi) is 7.30. The number of hydrogen-bond donors (Lipinski definition) is 3. The summed E-state index contributed by atoms with van der Waals surface area (Å²) in [6.07, 6.45) is 6.70. The van der Waals surface area contributed by atoms with Crippen molar-refractivity contribution in [3.63, 3.8) is 0 Å². The number of aliphatic hydroxyl groups excluding tert-OH is 1. The number of carbonyl (C=O) groups excluding carboxylic acids is 2. The molecule has 1 heterocycles. The summed E-state index contributed by atoms with van der Waals surface area (Å²) in [4.78, 5) is 25.5. The molecule has 7 heteroatoms. The fourth-order valence-electron chi connectivity index (χ4n) is 3.47. The summed E-state index contributed by atoms with van der Waals surface area (Å²) in [6, 6.07) is -0.151. The summed E-state index contributed by atoms with van der Waals surface area (Å²) in [5, 5.41) is 15.5. The molecule has 3 N–H and O–H groups in total. The zero-order chi connectivity index (χ0) is 17.5. The summed E-state index contributed by atoms with van der Waals surface area (Å²) in [5.41, 5.74) is 0. The normalized spacial score (nSPS) is 28.2. The van der Waals surface area contributed by atoms with E-state index >= 15 is 0 Å². The molecule has 0 aromatic heterocycles. The zero-order valence-corrected chi connectivity index (χ0v) is 14.8. The maximum atomic E-state index is 12.2. The third-order valence-electron chi connectivity index (χ3n) is 4.95. The summed E-state index contributed by atoms with van der Waals surface area (Å²) < 4.78 is 5.82. The molecule has 3 atom stereocenters. The van der Waals surface area contributed by atoms with Gasteiger partial charge in [0.25, 0.3) is 0 Å². The number of carbonyl (C=O) groups is 2. The van der Waals surface area contributed by atoms with E-state index in [-0.39, 0.29) is 36.7 Å². The van der Waals surface area contributed by atoms with Crippen LogP contribution in [-0.2, 0) is 9.53 Å². The molecule has 0 aromatic rings. The fourth-order valence-corrected chi connectivity index (χ4v) is 3.47. The van der Waals surface area contributed by atoms with Crippen molar-refractivity contribution in [1.82, 2.24) is 15.5 Å². The Morgan fingerprint density at radius 1 is 1.08 bits per heavy atom. The predicted octanol–water partition coefficient (Wildman–Crippen LogP) is 1.01. The first-order valence-corrected chi connectivity index (χ1v) is 9.03. The second kappa shape index (κ2) is 9.22. The van der Waals surface area contributed by atoms with E-state index in [1.165, 1.54) is 19.3 Å². The Morgan fingerprint density at radius 3 is 2.42 bits per heavy atom. The van der Waals surface area contributed by atoms with Gasteiger partial charge in [0.1, 0.15) is 6.10 Å². The van der Waals surface area contributed by atoms with Crippen molar-refractivity contribution >= 4 is 11.9 Å². The molecule has 2 rings (SSSR count). The van der Waals surface area contributed by atoms with Crippen LogP contribution in [-0.4, -0.2) is 66.9 Å². The van der Waals surface area contributed by atoms with E-state index in [0.717, 1.165) is 12.8 Å². The average molecular weight is 341 g/mol. The van der Waals surface area contributed by atoms with Crippen molar-refractivity contribution in [2.24, 2.45) is 0 Å². The predicted molar refractivity (Wildman–Crippen MR) is 90.6 cm³/mol. The van der Waals surface area contributed by atoms with Gasteiger partial charge >= 0.3 is 6.03 Å². The Bertz CT molecular complexity index is 424. The van der Waals surface area contributed by atoms with Gasteiger partial charge in [0.15, 0.2) is 0 Å². The maximum absolute atomic E-state index is 12.2. The second-order valence-electron chi connectivity index (χ2n) is 7.11. The largest absolute Gasteiger partial charge is 0.394 e. The van der Waals surface area contributed by atoms with Gasteiger partial charge in [0, 0.05) is 20.1 Å². The molecule has 3 amide bonds. The quantitative estimate of drug-likeness (QED) is 0.696. The van der Waals surface area contributed by atoms with Gasteiger partial charge in [-0.3, -0.25) is 4.79 Å². The van der Waals surface area contributed by atoms with E-state index in [4.69, 9.17) is 4.74 Å². The van der Waals surface area contributed by atoms with E-state index < -0.39 is 6.10 Å². The Morgan fingerprint density at radius 2 is 1.79 bits per heavy atom. The second-order valence-corrected chi connectivity index (χ2v) is 7.11. The van der Waals surface area contributed by atoms with Crippen LogP contribution in [0.2, 0.25) is 0 Å². The molecule has 1 saturated carbocycles. The van der Waals surface area contributed by atoms with Crippen LogP contribution in [0, 0.1) is 0 Å². The van der Waals surface area contributed by atoms with Gasteiger partial charge in [-0.1, -0.05) is 19.3 Å². The highest BCUT2D eigenvalue weighted by Gasteiger charge is 2.33.